The molecule has 0 fully saturated rings. The van der Waals surface area contributed by atoms with Gasteiger partial charge >= 0.3 is 6.09 Å². The second-order valence-corrected chi connectivity index (χ2v) is 7.67. The lowest BCUT2D eigenvalue weighted by Gasteiger charge is -2.18. The summed E-state index contributed by atoms with van der Waals surface area (Å²) in [6.45, 7) is 6.75. The minimum atomic E-state index is -0.429. The number of anilines is 2. The van der Waals surface area contributed by atoms with Gasteiger partial charge in [-0.15, -0.1) is 0 Å². The van der Waals surface area contributed by atoms with Crippen LogP contribution in [0.1, 0.15) is 33.6 Å². The van der Waals surface area contributed by atoms with Crippen LogP contribution in [0, 0.1) is 0 Å². The maximum Gasteiger partial charge on any atom is 0.411 e. The van der Waals surface area contributed by atoms with Crippen molar-refractivity contribution in [1.29, 1.82) is 0 Å². The van der Waals surface area contributed by atoms with Gasteiger partial charge in [-0.25, -0.2) is 9.78 Å². The van der Waals surface area contributed by atoms with E-state index in [9.17, 15) is 4.79 Å². The van der Waals surface area contributed by atoms with Gasteiger partial charge in [0.2, 0.25) is 0 Å². The molecule has 1 aromatic carbocycles. The lowest BCUT2D eigenvalue weighted by Crippen LogP contribution is -2.18. The number of nitrogens with zero attached hydrogens (tertiary/aromatic N) is 2. The molecule has 0 bridgehead atoms. The molecule has 1 aromatic heterocycles. The monoisotopic (exact) mass is 350 g/mol. The van der Waals surface area contributed by atoms with Crippen LogP contribution in [0.4, 0.5) is 16.2 Å². The van der Waals surface area contributed by atoms with Crippen molar-refractivity contribution >= 4 is 40.3 Å². The molecule has 6 nitrogen and oxygen atoms in total. The molecular formula is C17H26N4O2S. The Morgan fingerprint density at radius 2 is 2.17 bits per heavy atom. The fourth-order valence-electron chi connectivity index (χ4n) is 2.23. The number of imidazole rings is 1. The summed E-state index contributed by atoms with van der Waals surface area (Å²) in [6.07, 6.45) is 1.43. The first-order valence-corrected chi connectivity index (χ1v) is 9.10. The van der Waals surface area contributed by atoms with Crippen molar-refractivity contribution < 1.29 is 9.53 Å². The predicted molar refractivity (Wildman–Crippen MR) is 101 cm³/mol. The van der Waals surface area contributed by atoms with Crippen molar-refractivity contribution in [3.05, 3.63) is 12.1 Å². The van der Waals surface area contributed by atoms with E-state index in [0.29, 0.717) is 17.5 Å². The molecule has 2 rings (SSSR count). The van der Waals surface area contributed by atoms with Crippen molar-refractivity contribution in [2.24, 2.45) is 0 Å². The van der Waals surface area contributed by atoms with Crippen LogP contribution in [-0.2, 0) is 4.74 Å². The predicted octanol–water partition coefficient (Wildman–Crippen LogP) is 4.48. The third kappa shape index (κ3) is 4.80. The second kappa shape index (κ2) is 8.28. The Balaban J connectivity index is 2.26. The SMILES string of the molecule is CCCCOC(=O)Nc1cc2[nH]c(SC(C)C)nc2cc1N(C)C. The number of benzene rings is 1. The first kappa shape index (κ1) is 18.4. The Kier molecular flexibility index (Phi) is 6.36. The highest BCUT2D eigenvalue weighted by Crippen LogP contribution is 2.31. The van der Waals surface area contributed by atoms with Crippen LogP contribution < -0.4 is 10.2 Å². The highest BCUT2D eigenvalue weighted by molar-refractivity contribution is 7.99. The number of nitrogens with one attached hydrogen (secondary N) is 2. The fraction of sp³-hybridized carbons (Fsp3) is 0.529. The standard InChI is InChI=1S/C17H26N4O2S/c1-6-7-8-23-17(22)20-14-9-12-13(10-15(14)21(4)5)19-16(18-12)24-11(2)3/h9-11H,6-8H2,1-5H3,(H,18,19)(H,20,22). The molecule has 1 heterocycles. The number of thioether (sulfide) groups is 1. The summed E-state index contributed by atoms with van der Waals surface area (Å²) in [5.41, 5.74) is 3.38. The number of aromatic amines is 1. The molecule has 0 aliphatic heterocycles. The van der Waals surface area contributed by atoms with E-state index in [0.717, 1.165) is 34.7 Å². The van der Waals surface area contributed by atoms with Crippen LogP contribution in [0.15, 0.2) is 17.3 Å². The largest absolute Gasteiger partial charge is 0.449 e. The van der Waals surface area contributed by atoms with Crippen molar-refractivity contribution in [3.63, 3.8) is 0 Å². The van der Waals surface area contributed by atoms with Crippen LogP contribution in [-0.4, -0.2) is 42.0 Å². The molecule has 2 aromatic rings. The van der Waals surface area contributed by atoms with Gasteiger partial charge in [0.25, 0.3) is 0 Å². The van der Waals surface area contributed by atoms with E-state index in [1.54, 1.807) is 11.8 Å². The van der Waals surface area contributed by atoms with E-state index in [1.165, 1.54) is 0 Å². The Hall–Kier alpha value is -1.89. The highest BCUT2D eigenvalue weighted by atomic mass is 32.2. The molecule has 0 aliphatic carbocycles. The molecule has 7 heteroatoms. The van der Waals surface area contributed by atoms with Crippen LogP contribution in [0.3, 0.4) is 0 Å². The number of carbonyl (C=O) groups is 1. The normalized spacial score (nSPS) is 11.1. The molecule has 0 radical (unpaired) electrons. The number of hydrogen-bond acceptors (Lipinski definition) is 5. The summed E-state index contributed by atoms with van der Waals surface area (Å²) in [5.74, 6) is 0. The van der Waals surface area contributed by atoms with E-state index < -0.39 is 6.09 Å². The summed E-state index contributed by atoms with van der Waals surface area (Å²) < 4.78 is 5.19. The molecule has 132 valence electrons. The van der Waals surface area contributed by atoms with Crippen molar-refractivity contribution in [1.82, 2.24) is 9.97 Å². The second-order valence-electron chi connectivity index (χ2n) is 6.10. The van der Waals surface area contributed by atoms with Gasteiger partial charge in [-0.3, -0.25) is 5.32 Å². The molecule has 0 spiro atoms. The summed E-state index contributed by atoms with van der Waals surface area (Å²) in [7, 11) is 3.87. The molecule has 0 saturated carbocycles. The summed E-state index contributed by atoms with van der Waals surface area (Å²) >= 11 is 1.68. The Labute approximate surface area is 147 Å². The van der Waals surface area contributed by atoms with E-state index in [2.05, 4.69) is 36.1 Å². The molecule has 0 unspecified atom stereocenters. The fourth-order valence-corrected chi connectivity index (χ4v) is 2.99. The van der Waals surface area contributed by atoms with E-state index in [1.807, 2.05) is 31.1 Å². The number of H-pyrrole nitrogens is 1. The molecule has 24 heavy (non-hydrogen) atoms. The summed E-state index contributed by atoms with van der Waals surface area (Å²) in [5, 5.41) is 4.17. The van der Waals surface area contributed by atoms with Crippen LogP contribution in [0.5, 0.6) is 0 Å². The van der Waals surface area contributed by atoms with Gasteiger partial charge in [-0.2, -0.15) is 0 Å². The molecule has 1 amide bonds. The van der Waals surface area contributed by atoms with Crippen LogP contribution in [0.2, 0.25) is 0 Å². The molecular weight excluding hydrogens is 324 g/mol. The topological polar surface area (TPSA) is 70.2 Å². The number of ether oxygens (including phenoxy) is 1. The van der Waals surface area contributed by atoms with Gasteiger partial charge in [-0.1, -0.05) is 39.0 Å². The van der Waals surface area contributed by atoms with Gasteiger partial charge in [0.15, 0.2) is 5.16 Å². The first-order valence-electron chi connectivity index (χ1n) is 8.22. The van der Waals surface area contributed by atoms with Gasteiger partial charge in [0.1, 0.15) is 0 Å². The summed E-state index contributed by atoms with van der Waals surface area (Å²) in [6, 6.07) is 3.88. The van der Waals surface area contributed by atoms with Crippen LogP contribution >= 0.6 is 11.8 Å². The first-order chi connectivity index (χ1) is 11.4. The van der Waals surface area contributed by atoms with Crippen molar-refractivity contribution in [2.75, 3.05) is 30.9 Å². The Morgan fingerprint density at radius 3 is 2.79 bits per heavy atom. The smallest absolute Gasteiger partial charge is 0.411 e. The number of rotatable bonds is 7. The average Bonchev–Trinajstić information content (AvgIpc) is 2.86. The van der Waals surface area contributed by atoms with E-state index >= 15 is 0 Å². The lowest BCUT2D eigenvalue weighted by molar-refractivity contribution is 0.160. The number of carbonyl (C=O) groups excluding carboxylic acids is 1. The third-order valence-corrected chi connectivity index (χ3v) is 4.26. The Morgan fingerprint density at radius 1 is 1.42 bits per heavy atom. The number of fused-ring (bicyclic) bond motifs is 1. The van der Waals surface area contributed by atoms with Crippen molar-refractivity contribution in [2.45, 2.75) is 44.0 Å². The zero-order valence-electron chi connectivity index (χ0n) is 15.0. The molecule has 0 atom stereocenters. The summed E-state index contributed by atoms with van der Waals surface area (Å²) in [4.78, 5) is 21.8. The lowest BCUT2D eigenvalue weighted by atomic mass is 10.2. The molecule has 0 saturated heterocycles. The quantitative estimate of drug-likeness (QED) is 0.569. The van der Waals surface area contributed by atoms with Gasteiger partial charge in [0.05, 0.1) is 29.0 Å². The van der Waals surface area contributed by atoms with Gasteiger partial charge in [-0.05, 0) is 18.6 Å². The zero-order valence-corrected chi connectivity index (χ0v) is 15.8. The minimum Gasteiger partial charge on any atom is -0.449 e. The molecule has 2 N–H and O–H groups in total. The number of amides is 1. The zero-order chi connectivity index (χ0) is 17.7. The highest BCUT2D eigenvalue weighted by Gasteiger charge is 2.14. The average molecular weight is 350 g/mol. The third-order valence-electron chi connectivity index (χ3n) is 3.37. The van der Waals surface area contributed by atoms with Gasteiger partial charge in [0, 0.05) is 19.3 Å². The minimum absolute atomic E-state index is 0.429. The van der Waals surface area contributed by atoms with Crippen LogP contribution in [0.25, 0.3) is 11.0 Å². The maximum atomic E-state index is 12.0. The maximum absolute atomic E-state index is 12.0. The number of aromatic nitrogens is 2. The van der Waals surface area contributed by atoms with Gasteiger partial charge < -0.3 is 14.6 Å². The number of hydrogen-bond donors (Lipinski definition) is 2. The van der Waals surface area contributed by atoms with Crippen molar-refractivity contribution in [3.8, 4) is 0 Å². The Bertz CT molecular complexity index is 697. The van der Waals surface area contributed by atoms with E-state index in [-0.39, 0.29) is 0 Å². The van der Waals surface area contributed by atoms with E-state index in [4.69, 9.17) is 4.74 Å². The number of unbranched alkanes of at least 4 members (excludes halogenated alkanes) is 1. The molecule has 0 aliphatic rings.